The van der Waals surface area contributed by atoms with Gasteiger partial charge in [0.1, 0.15) is 5.65 Å². The fourth-order valence-corrected chi connectivity index (χ4v) is 3.76. The minimum Gasteiger partial charge on any atom is -0.447 e. The molecule has 8 nitrogen and oxygen atoms in total. The Balaban J connectivity index is 1.60. The van der Waals surface area contributed by atoms with Gasteiger partial charge in [-0.25, -0.2) is 9.78 Å². The van der Waals surface area contributed by atoms with Crippen molar-refractivity contribution in [3.63, 3.8) is 0 Å². The third-order valence-corrected chi connectivity index (χ3v) is 5.13. The number of aromatic nitrogens is 4. The Bertz CT molecular complexity index is 997. The van der Waals surface area contributed by atoms with Gasteiger partial charge in [0.2, 0.25) is 0 Å². The van der Waals surface area contributed by atoms with Crippen LogP contribution in [0.5, 0.6) is 0 Å². The molecule has 0 spiro atoms. The Morgan fingerprint density at radius 2 is 2.00 bits per heavy atom. The second-order valence-corrected chi connectivity index (χ2v) is 7.49. The van der Waals surface area contributed by atoms with Crippen molar-refractivity contribution >= 4 is 22.8 Å². The monoisotopic (exact) mass is 382 g/mol. The summed E-state index contributed by atoms with van der Waals surface area (Å²) in [6, 6.07) is 2.05. The van der Waals surface area contributed by atoms with Gasteiger partial charge in [0, 0.05) is 62.3 Å². The molecule has 8 heteroatoms. The van der Waals surface area contributed by atoms with Crippen molar-refractivity contribution in [3.05, 3.63) is 30.2 Å². The zero-order valence-corrected chi connectivity index (χ0v) is 16.8. The maximum Gasteiger partial charge on any atom is 0.410 e. The number of H-pyrrole nitrogens is 1. The number of fused-ring (bicyclic) bond motifs is 1. The average molecular weight is 382 g/mol. The van der Waals surface area contributed by atoms with Gasteiger partial charge in [0.05, 0.1) is 18.0 Å². The molecule has 1 aliphatic rings. The lowest BCUT2D eigenvalue weighted by Gasteiger charge is -2.36. The molecule has 3 aromatic rings. The standard InChI is InChI=1S/C20H26N6O2/c1-13(2)28-20(27)26-9-7-25(8-10-26)16-5-6-21-19-17(16)14(3)18(23-19)15-11-22-24(4)12-15/h5-6,11-13H,7-10H2,1-4H3,(H,21,23). The molecular weight excluding hydrogens is 356 g/mol. The Morgan fingerprint density at radius 3 is 2.64 bits per heavy atom. The molecule has 0 radical (unpaired) electrons. The number of hydrogen-bond acceptors (Lipinski definition) is 5. The van der Waals surface area contributed by atoms with Crippen molar-refractivity contribution in [2.45, 2.75) is 26.9 Å². The predicted molar refractivity (Wildman–Crippen MR) is 108 cm³/mol. The Labute approximate surface area is 164 Å². The fraction of sp³-hybridized carbons (Fsp3) is 0.450. The van der Waals surface area contributed by atoms with E-state index in [2.05, 4.69) is 33.0 Å². The van der Waals surface area contributed by atoms with Crippen LogP contribution in [-0.2, 0) is 11.8 Å². The number of hydrogen-bond donors (Lipinski definition) is 1. The Hall–Kier alpha value is -3.03. The number of carbonyl (C=O) groups is 1. The van der Waals surface area contributed by atoms with Crippen LogP contribution in [-0.4, -0.2) is 63.0 Å². The number of aromatic amines is 1. The van der Waals surface area contributed by atoms with Crippen molar-refractivity contribution in [2.75, 3.05) is 31.1 Å². The number of pyridine rings is 1. The number of aryl methyl sites for hydroxylation is 2. The molecular formula is C20H26N6O2. The molecule has 0 saturated carbocycles. The van der Waals surface area contributed by atoms with Crippen molar-refractivity contribution in [3.8, 4) is 11.3 Å². The van der Waals surface area contributed by atoms with E-state index in [1.165, 1.54) is 0 Å². The SMILES string of the molecule is Cc1c(-c2cnn(C)c2)[nH]c2nccc(N3CCN(C(=O)OC(C)C)CC3)c12. The Morgan fingerprint density at radius 1 is 1.25 bits per heavy atom. The third kappa shape index (κ3) is 3.30. The zero-order valence-electron chi connectivity index (χ0n) is 16.8. The van der Waals surface area contributed by atoms with Gasteiger partial charge in [-0.3, -0.25) is 4.68 Å². The topological polar surface area (TPSA) is 79.3 Å². The number of nitrogens with one attached hydrogen (secondary N) is 1. The van der Waals surface area contributed by atoms with E-state index in [-0.39, 0.29) is 12.2 Å². The molecule has 0 unspecified atom stereocenters. The van der Waals surface area contributed by atoms with Gasteiger partial charge in [-0.15, -0.1) is 0 Å². The first-order chi connectivity index (χ1) is 13.4. The molecule has 1 N–H and O–H groups in total. The summed E-state index contributed by atoms with van der Waals surface area (Å²) in [6.45, 7) is 8.68. The lowest BCUT2D eigenvalue weighted by molar-refractivity contribution is 0.0751. The highest BCUT2D eigenvalue weighted by Crippen LogP contribution is 2.35. The maximum atomic E-state index is 12.1. The molecule has 1 amide bonds. The van der Waals surface area contributed by atoms with E-state index in [4.69, 9.17) is 4.74 Å². The van der Waals surface area contributed by atoms with Crippen LogP contribution in [0.3, 0.4) is 0 Å². The summed E-state index contributed by atoms with van der Waals surface area (Å²) in [4.78, 5) is 24.2. The zero-order chi connectivity index (χ0) is 19.8. The number of anilines is 1. The maximum absolute atomic E-state index is 12.1. The van der Waals surface area contributed by atoms with Crippen molar-refractivity contribution in [1.29, 1.82) is 0 Å². The molecule has 0 aliphatic carbocycles. The number of piperazine rings is 1. The molecule has 28 heavy (non-hydrogen) atoms. The van der Waals surface area contributed by atoms with Crippen LogP contribution >= 0.6 is 0 Å². The molecule has 4 rings (SSSR count). The first kappa shape index (κ1) is 18.3. The van der Waals surface area contributed by atoms with E-state index in [1.807, 2.05) is 39.5 Å². The smallest absolute Gasteiger partial charge is 0.410 e. The summed E-state index contributed by atoms with van der Waals surface area (Å²) in [5.74, 6) is 0. The highest BCUT2D eigenvalue weighted by atomic mass is 16.6. The second-order valence-electron chi connectivity index (χ2n) is 7.49. The van der Waals surface area contributed by atoms with Crippen LogP contribution < -0.4 is 4.90 Å². The van der Waals surface area contributed by atoms with E-state index in [1.54, 1.807) is 9.58 Å². The molecule has 0 atom stereocenters. The van der Waals surface area contributed by atoms with Crippen molar-refractivity contribution in [2.24, 2.45) is 7.05 Å². The molecule has 148 valence electrons. The quantitative estimate of drug-likeness (QED) is 0.753. The predicted octanol–water partition coefficient (Wildman–Crippen LogP) is 2.94. The minimum atomic E-state index is -0.230. The van der Waals surface area contributed by atoms with Crippen LogP contribution in [0.1, 0.15) is 19.4 Å². The molecule has 3 aromatic heterocycles. The van der Waals surface area contributed by atoms with Gasteiger partial charge >= 0.3 is 6.09 Å². The van der Waals surface area contributed by atoms with Crippen LogP contribution in [0.15, 0.2) is 24.7 Å². The summed E-state index contributed by atoms with van der Waals surface area (Å²) in [5, 5.41) is 5.40. The van der Waals surface area contributed by atoms with Crippen LogP contribution in [0.4, 0.5) is 10.5 Å². The first-order valence-corrected chi connectivity index (χ1v) is 9.61. The second kappa shape index (κ2) is 7.18. The normalized spacial score (nSPS) is 14.9. The number of rotatable bonds is 3. The highest BCUT2D eigenvalue weighted by Gasteiger charge is 2.25. The average Bonchev–Trinajstić information content (AvgIpc) is 3.24. The molecule has 1 aliphatic heterocycles. The van der Waals surface area contributed by atoms with E-state index in [0.29, 0.717) is 13.1 Å². The molecule has 4 heterocycles. The summed E-state index contributed by atoms with van der Waals surface area (Å²) in [6.07, 6.45) is 5.36. The van der Waals surface area contributed by atoms with Gasteiger partial charge in [-0.1, -0.05) is 0 Å². The summed E-state index contributed by atoms with van der Waals surface area (Å²) >= 11 is 0. The van der Waals surface area contributed by atoms with E-state index >= 15 is 0 Å². The van der Waals surface area contributed by atoms with Gasteiger partial charge in [-0.2, -0.15) is 5.10 Å². The van der Waals surface area contributed by atoms with Crippen molar-refractivity contribution in [1.82, 2.24) is 24.6 Å². The van der Waals surface area contributed by atoms with Crippen LogP contribution in [0, 0.1) is 6.92 Å². The minimum absolute atomic E-state index is 0.0984. The Kier molecular flexibility index (Phi) is 4.70. The third-order valence-electron chi connectivity index (χ3n) is 5.13. The van der Waals surface area contributed by atoms with E-state index < -0.39 is 0 Å². The molecule has 1 saturated heterocycles. The largest absolute Gasteiger partial charge is 0.447 e. The van der Waals surface area contributed by atoms with Gasteiger partial charge in [0.15, 0.2) is 0 Å². The summed E-state index contributed by atoms with van der Waals surface area (Å²) in [7, 11) is 1.91. The van der Waals surface area contributed by atoms with Crippen molar-refractivity contribution < 1.29 is 9.53 Å². The molecule has 1 fully saturated rings. The molecule has 0 bridgehead atoms. The van der Waals surface area contributed by atoms with Gasteiger partial charge in [0.25, 0.3) is 0 Å². The van der Waals surface area contributed by atoms with Crippen LogP contribution in [0.2, 0.25) is 0 Å². The van der Waals surface area contributed by atoms with E-state index in [0.717, 1.165) is 46.6 Å². The number of carbonyl (C=O) groups excluding carboxylic acids is 1. The lowest BCUT2D eigenvalue weighted by atomic mass is 10.1. The number of nitrogens with zero attached hydrogens (tertiary/aromatic N) is 5. The van der Waals surface area contributed by atoms with E-state index in [9.17, 15) is 4.79 Å². The highest BCUT2D eigenvalue weighted by molar-refractivity contribution is 5.97. The first-order valence-electron chi connectivity index (χ1n) is 9.61. The lowest BCUT2D eigenvalue weighted by Crippen LogP contribution is -2.49. The summed E-state index contributed by atoms with van der Waals surface area (Å²) < 4.78 is 7.12. The number of ether oxygens (including phenoxy) is 1. The van der Waals surface area contributed by atoms with Gasteiger partial charge < -0.3 is 19.5 Å². The summed E-state index contributed by atoms with van der Waals surface area (Å²) in [5.41, 5.74) is 5.27. The van der Waals surface area contributed by atoms with Gasteiger partial charge in [-0.05, 0) is 32.4 Å². The van der Waals surface area contributed by atoms with Crippen LogP contribution in [0.25, 0.3) is 22.3 Å². The molecule has 0 aromatic carbocycles. The fourth-order valence-electron chi connectivity index (χ4n) is 3.76. The number of amides is 1.